The second-order valence-corrected chi connectivity index (χ2v) is 4.45. The predicted octanol–water partition coefficient (Wildman–Crippen LogP) is 2.87. The molecule has 1 rings (SSSR count). The van der Waals surface area contributed by atoms with E-state index in [2.05, 4.69) is 4.74 Å². The molecule has 0 aromatic heterocycles. The van der Waals surface area contributed by atoms with Crippen molar-refractivity contribution in [3.63, 3.8) is 0 Å². The Kier molecular flexibility index (Phi) is 6.87. The van der Waals surface area contributed by atoms with Crippen molar-refractivity contribution in [1.82, 2.24) is 0 Å². The van der Waals surface area contributed by atoms with E-state index in [-0.39, 0.29) is 25.4 Å². The fourth-order valence-electron chi connectivity index (χ4n) is 1.81. The van der Waals surface area contributed by atoms with Gasteiger partial charge in [-0.05, 0) is 38.0 Å². The zero-order chi connectivity index (χ0) is 17.5. The highest BCUT2D eigenvalue weighted by Crippen LogP contribution is 2.23. The van der Waals surface area contributed by atoms with Crippen LogP contribution in [0.25, 0.3) is 0 Å². The number of hydrogen-bond acceptors (Lipinski definition) is 5. The minimum absolute atomic E-state index is 0.0377. The molecule has 0 saturated heterocycles. The lowest BCUT2D eigenvalue weighted by molar-refractivity contribution is -0.274. The fourth-order valence-corrected chi connectivity index (χ4v) is 1.81. The van der Waals surface area contributed by atoms with Crippen LogP contribution in [-0.2, 0) is 25.5 Å². The normalized spacial score (nSPS) is 11.2. The third-order valence-electron chi connectivity index (χ3n) is 2.74. The van der Waals surface area contributed by atoms with Crippen molar-refractivity contribution < 1.29 is 37.0 Å². The Hall–Kier alpha value is -2.25. The van der Waals surface area contributed by atoms with E-state index in [1.54, 1.807) is 13.8 Å². The van der Waals surface area contributed by atoms with Crippen LogP contribution in [-0.4, -0.2) is 31.5 Å². The zero-order valence-corrected chi connectivity index (χ0v) is 12.7. The molecule has 0 heterocycles. The molecule has 1 aromatic rings. The Labute approximate surface area is 131 Å². The smallest absolute Gasteiger partial charge is 0.465 e. The molecule has 0 aliphatic carbocycles. The first kappa shape index (κ1) is 18.8. The van der Waals surface area contributed by atoms with E-state index in [9.17, 15) is 22.8 Å². The van der Waals surface area contributed by atoms with Gasteiger partial charge in [-0.25, -0.2) is 0 Å². The lowest BCUT2D eigenvalue weighted by Gasteiger charge is -2.15. The quantitative estimate of drug-likeness (QED) is 0.567. The highest BCUT2D eigenvalue weighted by Gasteiger charge is 2.32. The lowest BCUT2D eigenvalue weighted by Crippen LogP contribution is -2.30. The molecule has 0 unspecified atom stereocenters. The maximum atomic E-state index is 12.1. The largest absolute Gasteiger partial charge is 0.573 e. The van der Waals surface area contributed by atoms with Gasteiger partial charge in [-0.1, -0.05) is 12.1 Å². The standard InChI is InChI=1S/C15H17F3O5/c1-3-21-13(19)12(14(20)22-4-2)9-10-5-7-11(8-6-10)23-15(16,17)18/h5-8,12H,3-4,9H2,1-2H3. The second-order valence-electron chi connectivity index (χ2n) is 4.45. The molecule has 0 radical (unpaired) electrons. The average molecular weight is 334 g/mol. The third-order valence-corrected chi connectivity index (χ3v) is 2.74. The highest BCUT2D eigenvalue weighted by atomic mass is 19.4. The van der Waals surface area contributed by atoms with Crippen LogP contribution in [0.2, 0.25) is 0 Å². The molecule has 128 valence electrons. The van der Waals surface area contributed by atoms with Crippen LogP contribution in [0.5, 0.6) is 5.75 Å². The van der Waals surface area contributed by atoms with Crippen molar-refractivity contribution in [2.24, 2.45) is 5.92 Å². The molecule has 0 aliphatic rings. The van der Waals surface area contributed by atoms with Gasteiger partial charge < -0.3 is 14.2 Å². The maximum Gasteiger partial charge on any atom is 0.573 e. The summed E-state index contributed by atoms with van der Waals surface area (Å²) >= 11 is 0. The van der Waals surface area contributed by atoms with Crippen LogP contribution in [0.15, 0.2) is 24.3 Å². The van der Waals surface area contributed by atoms with E-state index in [0.29, 0.717) is 5.56 Å². The van der Waals surface area contributed by atoms with Crippen LogP contribution in [0.1, 0.15) is 19.4 Å². The summed E-state index contributed by atoms with van der Waals surface area (Å²) in [5.41, 5.74) is 0.477. The number of benzene rings is 1. The van der Waals surface area contributed by atoms with Crippen molar-refractivity contribution in [2.75, 3.05) is 13.2 Å². The number of esters is 2. The summed E-state index contributed by atoms with van der Waals surface area (Å²) in [4.78, 5) is 23.6. The molecular formula is C15H17F3O5. The van der Waals surface area contributed by atoms with Gasteiger partial charge in [0.05, 0.1) is 13.2 Å². The van der Waals surface area contributed by atoms with Gasteiger partial charge in [0.2, 0.25) is 0 Å². The molecular weight excluding hydrogens is 317 g/mol. The summed E-state index contributed by atoms with van der Waals surface area (Å²) < 4.78 is 49.7. The molecule has 1 aromatic carbocycles. The molecule has 0 amide bonds. The molecule has 0 saturated carbocycles. The number of halogens is 3. The van der Waals surface area contributed by atoms with Crippen molar-refractivity contribution in [1.29, 1.82) is 0 Å². The summed E-state index contributed by atoms with van der Waals surface area (Å²) in [7, 11) is 0. The number of rotatable bonds is 7. The summed E-state index contributed by atoms with van der Waals surface area (Å²) in [6.07, 6.45) is -4.82. The second kappa shape index (κ2) is 8.40. The van der Waals surface area contributed by atoms with Gasteiger partial charge in [0, 0.05) is 0 Å². The molecule has 0 fully saturated rings. The highest BCUT2D eigenvalue weighted by molar-refractivity contribution is 5.95. The Morgan fingerprint density at radius 3 is 1.87 bits per heavy atom. The van der Waals surface area contributed by atoms with Crippen LogP contribution in [0.3, 0.4) is 0 Å². The van der Waals surface area contributed by atoms with Crippen LogP contribution in [0.4, 0.5) is 13.2 Å². The van der Waals surface area contributed by atoms with E-state index in [1.807, 2.05) is 0 Å². The first-order valence-corrected chi connectivity index (χ1v) is 6.94. The molecule has 5 nitrogen and oxygen atoms in total. The molecule has 0 atom stereocenters. The van der Waals surface area contributed by atoms with Gasteiger partial charge in [-0.15, -0.1) is 13.2 Å². The number of ether oxygens (including phenoxy) is 3. The minimum Gasteiger partial charge on any atom is -0.465 e. The monoisotopic (exact) mass is 334 g/mol. The fraction of sp³-hybridized carbons (Fsp3) is 0.467. The first-order chi connectivity index (χ1) is 10.8. The van der Waals surface area contributed by atoms with E-state index in [0.717, 1.165) is 12.1 Å². The van der Waals surface area contributed by atoms with E-state index in [1.165, 1.54) is 12.1 Å². The summed E-state index contributed by atoms with van der Waals surface area (Å²) in [6, 6.07) is 4.89. The number of alkyl halides is 3. The molecule has 0 spiro atoms. The molecule has 23 heavy (non-hydrogen) atoms. The van der Waals surface area contributed by atoms with Crippen LogP contribution >= 0.6 is 0 Å². The molecule has 0 N–H and O–H groups in total. The van der Waals surface area contributed by atoms with Crippen molar-refractivity contribution in [3.05, 3.63) is 29.8 Å². The molecule has 0 bridgehead atoms. The summed E-state index contributed by atoms with van der Waals surface area (Å²) in [5.74, 6) is -3.02. The van der Waals surface area contributed by atoms with Crippen LogP contribution < -0.4 is 4.74 Å². The number of hydrogen-bond donors (Lipinski definition) is 0. The SMILES string of the molecule is CCOC(=O)C(Cc1ccc(OC(F)(F)F)cc1)C(=O)OCC. The predicted molar refractivity (Wildman–Crippen MR) is 73.6 cm³/mol. The van der Waals surface area contributed by atoms with Gasteiger partial charge in [-0.2, -0.15) is 0 Å². The Morgan fingerprint density at radius 1 is 1.00 bits per heavy atom. The Balaban J connectivity index is 2.82. The Bertz CT molecular complexity index is 507. The van der Waals surface area contributed by atoms with E-state index < -0.39 is 24.2 Å². The average Bonchev–Trinajstić information content (AvgIpc) is 2.45. The van der Waals surface area contributed by atoms with Gasteiger partial charge >= 0.3 is 18.3 Å². The topological polar surface area (TPSA) is 61.8 Å². The van der Waals surface area contributed by atoms with Crippen molar-refractivity contribution in [2.45, 2.75) is 26.6 Å². The third kappa shape index (κ3) is 6.58. The van der Waals surface area contributed by atoms with Crippen molar-refractivity contribution in [3.8, 4) is 5.75 Å². The van der Waals surface area contributed by atoms with Gasteiger partial charge in [0.25, 0.3) is 0 Å². The molecule has 0 aliphatic heterocycles. The first-order valence-electron chi connectivity index (χ1n) is 6.94. The summed E-state index contributed by atoms with van der Waals surface area (Å²) in [5, 5.41) is 0. The van der Waals surface area contributed by atoms with Crippen LogP contribution in [0, 0.1) is 5.92 Å². The van der Waals surface area contributed by atoms with Gasteiger partial charge in [-0.3, -0.25) is 9.59 Å². The minimum atomic E-state index is -4.78. The van der Waals surface area contributed by atoms with Gasteiger partial charge in [0.1, 0.15) is 5.75 Å². The number of carbonyl (C=O) groups excluding carboxylic acids is 2. The molecule has 8 heteroatoms. The van der Waals surface area contributed by atoms with E-state index in [4.69, 9.17) is 9.47 Å². The lowest BCUT2D eigenvalue weighted by atomic mass is 9.99. The van der Waals surface area contributed by atoms with E-state index >= 15 is 0 Å². The van der Waals surface area contributed by atoms with Gasteiger partial charge in [0.15, 0.2) is 5.92 Å². The maximum absolute atomic E-state index is 12.1. The zero-order valence-electron chi connectivity index (χ0n) is 12.7. The Morgan fingerprint density at radius 2 is 1.48 bits per heavy atom. The van der Waals surface area contributed by atoms with Crippen molar-refractivity contribution >= 4 is 11.9 Å². The number of carbonyl (C=O) groups is 2. The summed E-state index contributed by atoms with van der Waals surface area (Å²) in [6.45, 7) is 3.41.